The predicted molar refractivity (Wildman–Crippen MR) is 96.6 cm³/mol. The summed E-state index contributed by atoms with van der Waals surface area (Å²) < 4.78 is 5.14. The molecule has 130 valence electrons. The number of fused-ring (bicyclic) bond motifs is 1. The zero-order valence-corrected chi connectivity index (χ0v) is 14.6. The molecular weight excluding hydrogens is 316 g/mol. The molecule has 0 aromatic heterocycles. The molecule has 0 bridgehead atoms. The Bertz CT molecular complexity index is 771. The molecule has 3 rings (SSSR count). The largest absolute Gasteiger partial charge is 0.497 e. The molecule has 0 unspecified atom stereocenters. The Hall–Kier alpha value is -2.82. The highest BCUT2D eigenvalue weighted by Crippen LogP contribution is 2.21. The Morgan fingerprint density at radius 1 is 1.08 bits per heavy atom. The third-order valence-electron chi connectivity index (χ3n) is 4.54. The van der Waals surface area contributed by atoms with E-state index in [0.29, 0.717) is 24.5 Å². The summed E-state index contributed by atoms with van der Waals surface area (Å²) in [4.78, 5) is 28.1. The van der Waals surface area contributed by atoms with Gasteiger partial charge < -0.3 is 14.5 Å². The normalized spacial score (nSPS) is 13.1. The first-order chi connectivity index (χ1) is 12.1. The Morgan fingerprint density at radius 2 is 1.76 bits per heavy atom. The molecule has 0 fully saturated rings. The molecule has 0 N–H and O–H groups in total. The summed E-state index contributed by atoms with van der Waals surface area (Å²) in [5, 5.41) is 0. The minimum Gasteiger partial charge on any atom is -0.497 e. The summed E-state index contributed by atoms with van der Waals surface area (Å²) >= 11 is 0. The minimum absolute atomic E-state index is 0.0412. The van der Waals surface area contributed by atoms with E-state index in [1.54, 1.807) is 31.4 Å². The van der Waals surface area contributed by atoms with Crippen LogP contribution in [0.2, 0.25) is 0 Å². The lowest BCUT2D eigenvalue weighted by Crippen LogP contribution is -2.44. The number of carbonyl (C=O) groups excluding carboxylic acids is 2. The summed E-state index contributed by atoms with van der Waals surface area (Å²) in [7, 11) is 1.59. The highest BCUT2D eigenvalue weighted by molar-refractivity contribution is 5.97. The Morgan fingerprint density at radius 3 is 2.40 bits per heavy atom. The maximum absolute atomic E-state index is 12.7. The summed E-state index contributed by atoms with van der Waals surface area (Å²) in [5.74, 6) is 0.516. The molecule has 2 amide bonds. The predicted octanol–water partition coefficient (Wildman–Crippen LogP) is 2.63. The van der Waals surface area contributed by atoms with Crippen molar-refractivity contribution >= 4 is 17.5 Å². The van der Waals surface area contributed by atoms with Crippen LogP contribution in [0.15, 0.2) is 48.5 Å². The van der Waals surface area contributed by atoms with E-state index in [9.17, 15) is 9.59 Å². The van der Waals surface area contributed by atoms with Gasteiger partial charge >= 0.3 is 0 Å². The van der Waals surface area contributed by atoms with Crippen molar-refractivity contribution in [2.24, 2.45) is 0 Å². The fourth-order valence-electron chi connectivity index (χ4n) is 3.09. The second kappa shape index (κ2) is 7.38. The van der Waals surface area contributed by atoms with Crippen molar-refractivity contribution in [2.75, 3.05) is 25.1 Å². The average Bonchev–Trinajstić information content (AvgIpc) is 2.65. The number of amides is 2. The van der Waals surface area contributed by atoms with Crippen LogP contribution in [0.4, 0.5) is 5.69 Å². The number of rotatable bonds is 4. The average molecular weight is 338 g/mol. The molecule has 5 heteroatoms. The molecule has 0 saturated carbocycles. The van der Waals surface area contributed by atoms with Crippen molar-refractivity contribution in [3.63, 3.8) is 0 Å². The van der Waals surface area contributed by atoms with Crippen LogP contribution in [0, 0.1) is 0 Å². The molecule has 5 nitrogen and oxygen atoms in total. The molecule has 0 atom stereocenters. The lowest BCUT2D eigenvalue weighted by molar-refractivity contribution is -0.132. The number of hydrogen-bond acceptors (Lipinski definition) is 3. The van der Waals surface area contributed by atoms with Gasteiger partial charge in [0.25, 0.3) is 0 Å². The van der Waals surface area contributed by atoms with Crippen LogP contribution >= 0.6 is 0 Å². The first-order valence-electron chi connectivity index (χ1n) is 8.35. The molecule has 1 aliphatic heterocycles. The Balaban J connectivity index is 1.72. The molecule has 0 radical (unpaired) electrons. The van der Waals surface area contributed by atoms with E-state index in [1.165, 1.54) is 23.0 Å². The highest BCUT2D eigenvalue weighted by atomic mass is 16.5. The summed E-state index contributed by atoms with van der Waals surface area (Å²) in [6, 6.07) is 15.3. The van der Waals surface area contributed by atoms with Gasteiger partial charge in [-0.1, -0.05) is 24.3 Å². The maximum atomic E-state index is 12.7. The summed E-state index contributed by atoms with van der Waals surface area (Å²) in [6.45, 7) is 2.81. The van der Waals surface area contributed by atoms with Gasteiger partial charge in [0.2, 0.25) is 11.8 Å². The molecule has 1 heterocycles. The second-order valence-electron chi connectivity index (χ2n) is 6.14. The molecule has 2 aromatic carbocycles. The van der Waals surface area contributed by atoms with E-state index < -0.39 is 0 Å². The van der Waals surface area contributed by atoms with Crippen molar-refractivity contribution in [1.82, 2.24) is 4.90 Å². The van der Waals surface area contributed by atoms with E-state index in [0.717, 1.165) is 6.42 Å². The van der Waals surface area contributed by atoms with Crippen LogP contribution in [-0.2, 0) is 22.6 Å². The van der Waals surface area contributed by atoms with Crippen molar-refractivity contribution in [3.05, 3.63) is 59.7 Å². The van der Waals surface area contributed by atoms with Gasteiger partial charge in [0.1, 0.15) is 12.3 Å². The van der Waals surface area contributed by atoms with Crippen LogP contribution in [0.1, 0.15) is 18.1 Å². The standard InChI is InChI=1S/C20H22N2O3/c1-15(23)22(18-7-9-19(25-2)10-8-18)14-20(24)21-12-11-16-5-3-4-6-17(16)13-21/h3-10H,11-14H2,1-2H3. The molecule has 25 heavy (non-hydrogen) atoms. The quantitative estimate of drug-likeness (QED) is 0.861. The lowest BCUT2D eigenvalue weighted by Gasteiger charge is -2.31. The number of anilines is 1. The molecular formula is C20H22N2O3. The lowest BCUT2D eigenvalue weighted by atomic mass is 10.00. The summed E-state index contributed by atoms with van der Waals surface area (Å²) in [5.41, 5.74) is 3.17. The number of carbonyl (C=O) groups is 2. The zero-order chi connectivity index (χ0) is 17.8. The van der Waals surface area contributed by atoms with Gasteiger partial charge in [-0.15, -0.1) is 0 Å². The van der Waals surface area contributed by atoms with Gasteiger partial charge in [-0.2, -0.15) is 0 Å². The number of benzene rings is 2. The zero-order valence-electron chi connectivity index (χ0n) is 14.6. The fraction of sp³-hybridized carbons (Fsp3) is 0.300. The third kappa shape index (κ3) is 3.82. The van der Waals surface area contributed by atoms with Crippen LogP contribution in [0.25, 0.3) is 0 Å². The topological polar surface area (TPSA) is 49.9 Å². The minimum atomic E-state index is -0.157. The van der Waals surface area contributed by atoms with E-state index >= 15 is 0 Å². The van der Waals surface area contributed by atoms with Crippen LogP contribution in [-0.4, -0.2) is 36.9 Å². The Labute approximate surface area is 147 Å². The SMILES string of the molecule is COc1ccc(N(CC(=O)N2CCc3ccccc3C2)C(C)=O)cc1. The van der Waals surface area contributed by atoms with Gasteiger partial charge in [-0.25, -0.2) is 0 Å². The third-order valence-corrected chi connectivity index (χ3v) is 4.54. The van der Waals surface area contributed by atoms with E-state index in [-0.39, 0.29) is 18.4 Å². The van der Waals surface area contributed by atoms with Gasteiger partial charge in [-0.05, 0) is 41.8 Å². The first kappa shape index (κ1) is 17.0. The van der Waals surface area contributed by atoms with Crippen molar-refractivity contribution in [3.8, 4) is 5.75 Å². The Kier molecular flexibility index (Phi) is 5.03. The van der Waals surface area contributed by atoms with Crippen LogP contribution in [0.3, 0.4) is 0 Å². The van der Waals surface area contributed by atoms with Gasteiger partial charge in [0.15, 0.2) is 0 Å². The smallest absolute Gasteiger partial charge is 0.242 e. The number of nitrogens with zero attached hydrogens (tertiary/aromatic N) is 2. The molecule has 2 aromatic rings. The van der Waals surface area contributed by atoms with Gasteiger partial charge in [-0.3, -0.25) is 9.59 Å². The highest BCUT2D eigenvalue weighted by Gasteiger charge is 2.24. The fourth-order valence-corrected chi connectivity index (χ4v) is 3.09. The molecule has 0 spiro atoms. The van der Waals surface area contributed by atoms with E-state index in [2.05, 4.69) is 12.1 Å². The van der Waals surface area contributed by atoms with Crippen LogP contribution < -0.4 is 9.64 Å². The monoisotopic (exact) mass is 338 g/mol. The number of ether oxygens (including phenoxy) is 1. The maximum Gasteiger partial charge on any atom is 0.242 e. The van der Waals surface area contributed by atoms with Crippen molar-refractivity contribution < 1.29 is 14.3 Å². The van der Waals surface area contributed by atoms with E-state index in [4.69, 9.17) is 4.74 Å². The van der Waals surface area contributed by atoms with E-state index in [1.807, 2.05) is 17.0 Å². The van der Waals surface area contributed by atoms with Gasteiger partial charge in [0.05, 0.1) is 7.11 Å². The summed E-state index contributed by atoms with van der Waals surface area (Å²) in [6.07, 6.45) is 0.852. The molecule has 0 saturated heterocycles. The molecule has 1 aliphatic rings. The number of methoxy groups -OCH3 is 1. The number of hydrogen-bond donors (Lipinski definition) is 0. The van der Waals surface area contributed by atoms with Gasteiger partial charge in [0, 0.05) is 25.7 Å². The van der Waals surface area contributed by atoms with Crippen LogP contribution in [0.5, 0.6) is 5.75 Å². The first-order valence-corrected chi connectivity index (χ1v) is 8.35. The van der Waals surface area contributed by atoms with Crippen molar-refractivity contribution in [2.45, 2.75) is 19.9 Å². The second-order valence-corrected chi connectivity index (χ2v) is 6.14. The molecule has 0 aliphatic carbocycles. The van der Waals surface area contributed by atoms with Crippen molar-refractivity contribution in [1.29, 1.82) is 0 Å².